The molecular formula is C16H17BrN2O4S. The predicted molar refractivity (Wildman–Crippen MR) is 94.8 cm³/mol. The third-order valence-corrected chi connectivity index (χ3v) is 6.39. The summed E-state index contributed by atoms with van der Waals surface area (Å²) < 4.78 is 5.47. The van der Waals surface area contributed by atoms with Crippen molar-refractivity contribution in [3.05, 3.63) is 28.2 Å². The molecule has 1 aromatic carbocycles. The molecule has 0 saturated carbocycles. The first-order valence-electron chi connectivity index (χ1n) is 7.50. The maximum Gasteiger partial charge on any atom is 0.340 e. The van der Waals surface area contributed by atoms with Crippen molar-refractivity contribution in [2.24, 2.45) is 0 Å². The number of halogens is 1. The van der Waals surface area contributed by atoms with Crippen molar-refractivity contribution in [2.75, 3.05) is 18.2 Å². The number of hydrogen-bond donors (Lipinski definition) is 1. The Hall–Kier alpha value is -1.54. The minimum absolute atomic E-state index is 0.00616. The normalized spacial score (nSPS) is 25.5. The minimum Gasteiger partial charge on any atom is -0.465 e. The van der Waals surface area contributed by atoms with Gasteiger partial charge in [-0.3, -0.25) is 9.59 Å². The summed E-state index contributed by atoms with van der Waals surface area (Å²) in [4.78, 5) is 38.2. The average molecular weight is 413 g/mol. The molecule has 3 rings (SSSR count). The Morgan fingerprint density at radius 3 is 2.92 bits per heavy atom. The van der Waals surface area contributed by atoms with Crippen molar-refractivity contribution < 1.29 is 19.1 Å². The van der Waals surface area contributed by atoms with Crippen molar-refractivity contribution in [3.63, 3.8) is 0 Å². The van der Waals surface area contributed by atoms with Gasteiger partial charge < -0.3 is 15.0 Å². The number of carbonyl (C=O) groups is 3. The van der Waals surface area contributed by atoms with E-state index < -0.39 is 12.0 Å². The summed E-state index contributed by atoms with van der Waals surface area (Å²) in [7, 11) is 1.29. The highest BCUT2D eigenvalue weighted by Crippen LogP contribution is 2.47. The number of anilines is 1. The van der Waals surface area contributed by atoms with Crippen molar-refractivity contribution in [1.29, 1.82) is 0 Å². The molecule has 2 atom stereocenters. The predicted octanol–water partition coefficient (Wildman–Crippen LogP) is 2.63. The van der Waals surface area contributed by atoms with Gasteiger partial charge in [0, 0.05) is 16.6 Å². The van der Waals surface area contributed by atoms with Crippen LogP contribution >= 0.6 is 27.7 Å². The Morgan fingerprint density at radius 1 is 1.46 bits per heavy atom. The van der Waals surface area contributed by atoms with Crippen LogP contribution in [0.3, 0.4) is 0 Å². The summed E-state index contributed by atoms with van der Waals surface area (Å²) >= 11 is 4.93. The number of hydrogen-bond acceptors (Lipinski definition) is 5. The molecular weight excluding hydrogens is 396 g/mol. The number of nitrogens with zero attached hydrogens (tertiary/aromatic N) is 1. The zero-order chi connectivity index (χ0) is 17.5. The van der Waals surface area contributed by atoms with Crippen LogP contribution in [-0.4, -0.2) is 46.5 Å². The number of nitrogens with one attached hydrogen (secondary N) is 1. The molecule has 2 unspecified atom stereocenters. The van der Waals surface area contributed by atoms with E-state index in [-0.39, 0.29) is 22.2 Å². The van der Waals surface area contributed by atoms with Gasteiger partial charge in [-0.1, -0.05) is 15.9 Å². The van der Waals surface area contributed by atoms with Crippen molar-refractivity contribution in [2.45, 2.75) is 30.7 Å². The molecule has 2 aliphatic heterocycles. The molecule has 1 N–H and O–H groups in total. The first-order chi connectivity index (χ1) is 11.4. The van der Waals surface area contributed by atoms with Crippen LogP contribution in [0.5, 0.6) is 0 Å². The van der Waals surface area contributed by atoms with E-state index in [2.05, 4.69) is 21.2 Å². The number of carbonyl (C=O) groups excluding carboxylic acids is 3. The van der Waals surface area contributed by atoms with Crippen LogP contribution in [-0.2, 0) is 14.3 Å². The van der Waals surface area contributed by atoms with E-state index in [4.69, 9.17) is 4.74 Å². The van der Waals surface area contributed by atoms with E-state index in [9.17, 15) is 14.4 Å². The zero-order valence-electron chi connectivity index (χ0n) is 13.3. The van der Waals surface area contributed by atoms with Crippen LogP contribution < -0.4 is 5.32 Å². The molecule has 2 heterocycles. The highest BCUT2D eigenvalue weighted by molar-refractivity contribution is 9.10. The minimum atomic E-state index is -0.533. The lowest BCUT2D eigenvalue weighted by Gasteiger charge is -2.30. The third-order valence-electron chi connectivity index (χ3n) is 4.39. The lowest BCUT2D eigenvalue weighted by atomic mass is 10.1. The molecule has 0 aromatic heterocycles. The fraction of sp³-hybridized carbons (Fsp3) is 0.438. The smallest absolute Gasteiger partial charge is 0.340 e. The highest BCUT2D eigenvalue weighted by atomic mass is 79.9. The Kier molecular flexibility index (Phi) is 4.61. The van der Waals surface area contributed by atoms with Gasteiger partial charge in [0.15, 0.2) is 0 Å². The number of fused-ring (bicyclic) bond motifs is 1. The number of methoxy groups -OCH3 is 1. The monoisotopic (exact) mass is 412 g/mol. The molecule has 2 aliphatic rings. The number of amides is 2. The second kappa shape index (κ2) is 6.40. The molecule has 1 aromatic rings. The molecule has 2 fully saturated rings. The standard InChI is InChI=1S/C16H17BrN2O4S/c1-16-6-5-13(20)19(16)12(8-24-16)14(21)18-11-4-3-9(17)7-10(11)15(22)23-2/h3-4,7,12H,5-6,8H2,1-2H3,(H,18,21). The van der Waals surface area contributed by atoms with Gasteiger partial charge in [0.1, 0.15) is 6.04 Å². The Bertz CT molecular complexity index is 726. The first-order valence-corrected chi connectivity index (χ1v) is 9.28. The van der Waals surface area contributed by atoms with Crippen molar-refractivity contribution >= 4 is 51.2 Å². The van der Waals surface area contributed by atoms with Gasteiger partial charge in [0.05, 0.1) is 23.2 Å². The summed E-state index contributed by atoms with van der Waals surface area (Å²) in [5, 5.41) is 2.78. The SMILES string of the molecule is COC(=O)c1cc(Br)ccc1NC(=O)C1CSC2(C)CCC(=O)N12. The van der Waals surface area contributed by atoms with Crippen LogP contribution in [0.4, 0.5) is 5.69 Å². The summed E-state index contributed by atoms with van der Waals surface area (Å²) in [5.41, 5.74) is 0.640. The van der Waals surface area contributed by atoms with Crippen molar-refractivity contribution in [1.82, 2.24) is 4.90 Å². The maximum atomic E-state index is 12.7. The molecule has 128 valence electrons. The molecule has 0 radical (unpaired) electrons. The Balaban J connectivity index is 1.83. The number of ether oxygens (including phenoxy) is 1. The molecule has 6 nitrogen and oxygen atoms in total. The summed E-state index contributed by atoms with van der Waals surface area (Å²) in [6.45, 7) is 2.00. The van der Waals surface area contributed by atoms with Gasteiger partial charge >= 0.3 is 5.97 Å². The molecule has 24 heavy (non-hydrogen) atoms. The van der Waals surface area contributed by atoms with Crippen LogP contribution in [0.25, 0.3) is 0 Å². The number of thioether (sulfide) groups is 1. The van der Waals surface area contributed by atoms with E-state index >= 15 is 0 Å². The van der Waals surface area contributed by atoms with Gasteiger partial charge in [-0.05, 0) is 31.5 Å². The number of benzene rings is 1. The lowest BCUT2D eigenvalue weighted by Crippen LogP contribution is -2.48. The first kappa shape index (κ1) is 17.3. The van der Waals surface area contributed by atoms with Crippen LogP contribution in [0, 0.1) is 0 Å². The fourth-order valence-electron chi connectivity index (χ4n) is 3.14. The van der Waals surface area contributed by atoms with E-state index in [0.29, 0.717) is 22.3 Å². The largest absolute Gasteiger partial charge is 0.465 e. The van der Waals surface area contributed by atoms with Crippen LogP contribution in [0.15, 0.2) is 22.7 Å². The summed E-state index contributed by atoms with van der Waals surface area (Å²) in [6, 6.07) is 4.44. The molecule has 0 bridgehead atoms. The molecule has 2 amide bonds. The Labute approximate surface area is 152 Å². The summed E-state index contributed by atoms with van der Waals surface area (Å²) in [6.07, 6.45) is 1.23. The quantitative estimate of drug-likeness (QED) is 0.772. The van der Waals surface area contributed by atoms with Gasteiger partial charge in [-0.15, -0.1) is 11.8 Å². The topological polar surface area (TPSA) is 75.7 Å². The second-order valence-electron chi connectivity index (χ2n) is 5.94. The lowest BCUT2D eigenvalue weighted by molar-refractivity contribution is -0.135. The van der Waals surface area contributed by atoms with Crippen LogP contribution in [0.2, 0.25) is 0 Å². The van der Waals surface area contributed by atoms with Gasteiger partial charge in [-0.25, -0.2) is 4.79 Å². The van der Waals surface area contributed by atoms with E-state index in [1.54, 1.807) is 34.9 Å². The van der Waals surface area contributed by atoms with Crippen molar-refractivity contribution in [3.8, 4) is 0 Å². The van der Waals surface area contributed by atoms with E-state index in [1.165, 1.54) is 7.11 Å². The van der Waals surface area contributed by atoms with E-state index in [0.717, 1.165) is 6.42 Å². The molecule has 8 heteroatoms. The van der Waals surface area contributed by atoms with Gasteiger partial charge in [0.25, 0.3) is 0 Å². The zero-order valence-corrected chi connectivity index (χ0v) is 15.7. The molecule has 0 spiro atoms. The second-order valence-corrected chi connectivity index (χ2v) is 8.35. The highest BCUT2D eigenvalue weighted by Gasteiger charge is 2.52. The molecule has 0 aliphatic carbocycles. The van der Waals surface area contributed by atoms with Crippen LogP contribution in [0.1, 0.15) is 30.1 Å². The van der Waals surface area contributed by atoms with Gasteiger partial charge in [-0.2, -0.15) is 0 Å². The Morgan fingerprint density at radius 2 is 2.21 bits per heavy atom. The number of esters is 1. The summed E-state index contributed by atoms with van der Waals surface area (Å²) in [5.74, 6) is -0.256. The number of rotatable bonds is 3. The van der Waals surface area contributed by atoms with E-state index in [1.807, 2.05) is 6.92 Å². The average Bonchev–Trinajstić information content (AvgIpc) is 3.05. The third kappa shape index (κ3) is 2.93. The maximum absolute atomic E-state index is 12.7. The fourth-order valence-corrected chi connectivity index (χ4v) is 4.93. The van der Waals surface area contributed by atoms with Gasteiger partial charge in [0.2, 0.25) is 11.8 Å². The molecule has 2 saturated heterocycles.